The Morgan fingerprint density at radius 2 is 1.64 bits per heavy atom. The van der Waals surface area contributed by atoms with Crippen LogP contribution in [0.4, 0.5) is 0 Å². The number of nitrogens with two attached hydrogens (primary N) is 1. The van der Waals surface area contributed by atoms with Crippen LogP contribution in [0.25, 0.3) is 0 Å². The molecule has 0 bridgehead atoms. The van der Waals surface area contributed by atoms with Crippen LogP contribution in [-0.4, -0.2) is 67.0 Å². The van der Waals surface area contributed by atoms with E-state index in [1.54, 1.807) is 0 Å². The van der Waals surface area contributed by atoms with Gasteiger partial charge >= 0.3 is 0 Å². The second kappa shape index (κ2) is 6.96. The van der Waals surface area contributed by atoms with E-state index in [-0.39, 0.29) is 29.7 Å². The van der Waals surface area contributed by atoms with Crippen LogP contribution in [0.5, 0.6) is 0 Å². The number of amides is 2. The third-order valence-electron chi connectivity index (χ3n) is 5.23. The van der Waals surface area contributed by atoms with Crippen molar-refractivity contribution in [1.29, 1.82) is 0 Å². The minimum Gasteiger partial charge on any atom is -0.378 e. The van der Waals surface area contributed by atoms with Crippen molar-refractivity contribution in [2.75, 3.05) is 39.4 Å². The molecule has 1 aliphatic carbocycles. The first-order chi connectivity index (χ1) is 10.6. The predicted octanol–water partition coefficient (Wildman–Crippen LogP) is 0.211. The summed E-state index contributed by atoms with van der Waals surface area (Å²) >= 11 is 0. The number of hydrogen-bond acceptors (Lipinski definition) is 4. The molecule has 1 saturated carbocycles. The molecule has 0 aromatic rings. The van der Waals surface area contributed by atoms with E-state index in [4.69, 9.17) is 10.5 Å². The van der Waals surface area contributed by atoms with Crippen LogP contribution in [-0.2, 0) is 14.3 Å². The van der Waals surface area contributed by atoms with Gasteiger partial charge in [0.15, 0.2) is 0 Å². The van der Waals surface area contributed by atoms with Gasteiger partial charge in [0.05, 0.1) is 19.1 Å². The summed E-state index contributed by atoms with van der Waals surface area (Å²) < 4.78 is 5.30. The largest absolute Gasteiger partial charge is 0.378 e. The minimum atomic E-state index is -0.0362. The molecule has 6 heteroatoms. The number of carbonyl (C=O) groups excluding carboxylic acids is 2. The third-order valence-corrected chi connectivity index (χ3v) is 5.23. The maximum atomic E-state index is 12.6. The van der Waals surface area contributed by atoms with Gasteiger partial charge in [-0.15, -0.1) is 0 Å². The lowest BCUT2D eigenvalue weighted by molar-refractivity contribution is -0.145. The number of carbonyl (C=O) groups is 2. The second-order valence-electron chi connectivity index (χ2n) is 6.83. The highest BCUT2D eigenvalue weighted by molar-refractivity contribution is 5.82. The minimum absolute atomic E-state index is 0.0362. The number of piperidine rings is 1. The molecule has 0 aromatic carbocycles. The van der Waals surface area contributed by atoms with Gasteiger partial charge in [0.25, 0.3) is 0 Å². The van der Waals surface area contributed by atoms with Gasteiger partial charge in [-0.05, 0) is 32.1 Å². The standard InChI is InChI=1S/C16H27N3O3/c17-14-4-3-12(10-14)15(20)19-5-1-2-13(11-19)16(21)18-6-8-22-9-7-18/h12-14H,1-11,17H2. The van der Waals surface area contributed by atoms with E-state index < -0.39 is 0 Å². The predicted molar refractivity (Wildman–Crippen MR) is 82.0 cm³/mol. The number of rotatable bonds is 2. The highest BCUT2D eigenvalue weighted by atomic mass is 16.5. The molecule has 3 aliphatic rings. The monoisotopic (exact) mass is 309 g/mol. The van der Waals surface area contributed by atoms with Gasteiger partial charge < -0.3 is 20.3 Å². The Kier molecular flexibility index (Phi) is 4.98. The molecule has 22 heavy (non-hydrogen) atoms. The quantitative estimate of drug-likeness (QED) is 0.791. The van der Waals surface area contributed by atoms with Crippen molar-refractivity contribution in [2.45, 2.75) is 38.1 Å². The molecule has 2 aliphatic heterocycles. The molecule has 2 saturated heterocycles. The van der Waals surface area contributed by atoms with Crippen LogP contribution in [0.3, 0.4) is 0 Å². The zero-order valence-corrected chi connectivity index (χ0v) is 13.2. The van der Waals surface area contributed by atoms with Crippen molar-refractivity contribution in [1.82, 2.24) is 9.80 Å². The highest BCUT2D eigenvalue weighted by Gasteiger charge is 2.36. The normalized spacial score (nSPS) is 33.0. The van der Waals surface area contributed by atoms with Crippen molar-refractivity contribution in [2.24, 2.45) is 17.6 Å². The van der Waals surface area contributed by atoms with E-state index >= 15 is 0 Å². The molecule has 2 amide bonds. The third kappa shape index (κ3) is 3.43. The molecule has 3 fully saturated rings. The number of nitrogens with zero attached hydrogens (tertiary/aromatic N) is 2. The van der Waals surface area contributed by atoms with Gasteiger partial charge in [0.1, 0.15) is 0 Å². The summed E-state index contributed by atoms with van der Waals surface area (Å²) in [5, 5.41) is 0. The van der Waals surface area contributed by atoms with Crippen molar-refractivity contribution in [3.05, 3.63) is 0 Å². The number of hydrogen-bond donors (Lipinski definition) is 1. The lowest BCUT2D eigenvalue weighted by Crippen LogP contribution is -2.50. The fourth-order valence-electron chi connectivity index (χ4n) is 3.92. The Hall–Kier alpha value is -1.14. The molecule has 2 N–H and O–H groups in total. The van der Waals surface area contributed by atoms with Gasteiger partial charge in [-0.2, -0.15) is 0 Å². The summed E-state index contributed by atoms with van der Waals surface area (Å²) in [4.78, 5) is 29.0. The molecular weight excluding hydrogens is 282 g/mol. The van der Waals surface area contributed by atoms with E-state index in [9.17, 15) is 9.59 Å². The molecule has 124 valence electrons. The zero-order valence-electron chi connectivity index (χ0n) is 13.2. The molecule has 3 unspecified atom stereocenters. The van der Waals surface area contributed by atoms with Gasteiger partial charge in [0, 0.05) is 38.1 Å². The van der Waals surface area contributed by atoms with E-state index in [2.05, 4.69) is 0 Å². The van der Waals surface area contributed by atoms with E-state index in [1.807, 2.05) is 9.80 Å². The van der Waals surface area contributed by atoms with Crippen LogP contribution >= 0.6 is 0 Å². The zero-order chi connectivity index (χ0) is 15.5. The van der Waals surface area contributed by atoms with Gasteiger partial charge in [-0.3, -0.25) is 9.59 Å². The maximum absolute atomic E-state index is 12.6. The van der Waals surface area contributed by atoms with Crippen LogP contribution in [0, 0.1) is 11.8 Å². The molecule has 2 heterocycles. The average molecular weight is 309 g/mol. The number of ether oxygens (including phenoxy) is 1. The lowest BCUT2D eigenvalue weighted by Gasteiger charge is -2.37. The van der Waals surface area contributed by atoms with E-state index in [1.165, 1.54) is 0 Å². The van der Waals surface area contributed by atoms with E-state index in [0.29, 0.717) is 32.8 Å². The SMILES string of the molecule is NC1CCC(C(=O)N2CCCC(C(=O)N3CCOCC3)C2)C1. The lowest BCUT2D eigenvalue weighted by atomic mass is 9.94. The Bertz CT molecular complexity index is 400. The van der Waals surface area contributed by atoms with Crippen LogP contribution in [0.15, 0.2) is 0 Å². The summed E-state index contributed by atoms with van der Waals surface area (Å²) in [7, 11) is 0. The van der Waals surface area contributed by atoms with Crippen LogP contribution in [0.2, 0.25) is 0 Å². The molecule has 3 atom stereocenters. The second-order valence-corrected chi connectivity index (χ2v) is 6.83. The summed E-state index contributed by atoms with van der Waals surface area (Å²) in [6, 6.07) is 0.171. The molecule has 3 rings (SSSR count). The van der Waals surface area contributed by atoms with Gasteiger partial charge in [0.2, 0.25) is 11.8 Å². The first kappa shape index (κ1) is 15.7. The molecule has 6 nitrogen and oxygen atoms in total. The number of likely N-dealkylation sites (tertiary alicyclic amines) is 1. The van der Waals surface area contributed by atoms with Crippen LogP contribution < -0.4 is 5.73 Å². The van der Waals surface area contributed by atoms with Crippen molar-refractivity contribution in [3.63, 3.8) is 0 Å². The fraction of sp³-hybridized carbons (Fsp3) is 0.875. The summed E-state index contributed by atoms with van der Waals surface area (Å²) in [6.45, 7) is 3.99. The maximum Gasteiger partial charge on any atom is 0.227 e. The smallest absolute Gasteiger partial charge is 0.227 e. The molecule has 0 radical (unpaired) electrons. The van der Waals surface area contributed by atoms with Crippen molar-refractivity contribution >= 4 is 11.8 Å². The summed E-state index contributed by atoms with van der Waals surface area (Å²) in [5.74, 6) is 0.453. The Labute approximate surface area is 131 Å². The van der Waals surface area contributed by atoms with Gasteiger partial charge in [-0.25, -0.2) is 0 Å². The highest BCUT2D eigenvalue weighted by Crippen LogP contribution is 2.28. The van der Waals surface area contributed by atoms with Gasteiger partial charge in [-0.1, -0.05) is 0 Å². The first-order valence-electron chi connectivity index (χ1n) is 8.56. The average Bonchev–Trinajstić information content (AvgIpc) is 3.01. The molecule has 0 spiro atoms. The first-order valence-corrected chi connectivity index (χ1v) is 8.56. The molecule has 0 aromatic heterocycles. The van der Waals surface area contributed by atoms with E-state index in [0.717, 1.165) is 38.6 Å². The number of morpholine rings is 1. The Morgan fingerprint density at radius 3 is 2.32 bits per heavy atom. The fourth-order valence-corrected chi connectivity index (χ4v) is 3.92. The Morgan fingerprint density at radius 1 is 0.909 bits per heavy atom. The van der Waals surface area contributed by atoms with Crippen molar-refractivity contribution < 1.29 is 14.3 Å². The van der Waals surface area contributed by atoms with Crippen LogP contribution in [0.1, 0.15) is 32.1 Å². The summed E-state index contributed by atoms with van der Waals surface area (Å²) in [5.41, 5.74) is 5.92. The Balaban J connectivity index is 1.56. The molecular formula is C16H27N3O3. The van der Waals surface area contributed by atoms with Crippen molar-refractivity contribution in [3.8, 4) is 0 Å². The topological polar surface area (TPSA) is 75.9 Å². The summed E-state index contributed by atoms with van der Waals surface area (Å²) in [6.07, 6.45) is 4.46.